The number of hydrogen-bond acceptors (Lipinski definition) is 6. The molecular weight excluding hydrogens is 493 g/mol. The number of carbonyl (C=O) groups excluding carboxylic acids is 1. The summed E-state index contributed by atoms with van der Waals surface area (Å²) in [4.78, 5) is 16.3. The van der Waals surface area contributed by atoms with Gasteiger partial charge in [0, 0.05) is 23.3 Å². The summed E-state index contributed by atoms with van der Waals surface area (Å²) in [5, 5.41) is 5.29. The van der Waals surface area contributed by atoms with Crippen molar-refractivity contribution in [1.29, 1.82) is 0 Å². The number of hydrogen-bond donors (Lipinski definition) is 2. The molecule has 0 saturated carbocycles. The van der Waals surface area contributed by atoms with Crippen molar-refractivity contribution in [3.63, 3.8) is 0 Å². The van der Waals surface area contributed by atoms with E-state index in [1.807, 2.05) is 0 Å². The number of rotatable bonds is 7. The molecule has 0 aliphatic carbocycles. The highest BCUT2D eigenvalue weighted by Crippen LogP contribution is 2.34. The summed E-state index contributed by atoms with van der Waals surface area (Å²) in [6.45, 7) is 1.53. The number of amides is 1. The van der Waals surface area contributed by atoms with E-state index in [9.17, 15) is 13.2 Å². The van der Waals surface area contributed by atoms with Crippen molar-refractivity contribution >= 4 is 72.9 Å². The van der Waals surface area contributed by atoms with Crippen LogP contribution in [0.3, 0.4) is 0 Å². The molecule has 30 heavy (non-hydrogen) atoms. The van der Waals surface area contributed by atoms with Crippen molar-refractivity contribution in [2.45, 2.75) is 17.9 Å². The van der Waals surface area contributed by atoms with E-state index in [2.05, 4.69) is 15.0 Å². The summed E-state index contributed by atoms with van der Waals surface area (Å²) in [7, 11) is -3.78. The van der Waals surface area contributed by atoms with Gasteiger partial charge in [0.1, 0.15) is 5.75 Å². The van der Waals surface area contributed by atoms with Crippen molar-refractivity contribution in [2.75, 3.05) is 10.0 Å². The van der Waals surface area contributed by atoms with E-state index in [-0.39, 0.29) is 30.8 Å². The third-order valence-electron chi connectivity index (χ3n) is 3.73. The van der Waals surface area contributed by atoms with Crippen molar-refractivity contribution in [3.8, 4) is 5.75 Å². The average Bonchev–Trinajstić information content (AvgIpc) is 3.18. The van der Waals surface area contributed by atoms with Gasteiger partial charge < -0.3 is 10.1 Å². The van der Waals surface area contributed by atoms with E-state index in [0.29, 0.717) is 5.69 Å². The minimum atomic E-state index is -3.78. The molecule has 3 rings (SSSR count). The molecule has 7 nitrogen and oxygen atoms in total. The zero-order valence-corrected chi connectivity index (χ0v) is 19.1. The minimum Gasteiger partial charge on any atom is -0.479 e. The standard InChI is InChI=1S/C18H14Cl3N3O4S2/c1-10(28-16-9-14(20)13(19)8-15(16)21)17(25)23-11-2-4-12(5-3-11)30(26,27)24-18-22-6-7-29-18/h2-10H,1H3,(H,22,24)(H,23,25)/t10-/m0/s1. The summed E-state index contributed by atoms with van der Waals surface area (Å²) < 4.78 is 32.6. The molecule has 0 saturated heterocycles. The fourth-order valence-electron chi connectivity index (χ4n) is 2.25. The Morgan fingerprint density at radius 2 is 1.77 bits per heavy atom. The topological polar surface area (TPSA) is 97.4 Å². The Kier molecular flexibility index (Phi) is 7.10. The third kappa shape index (κ3) is 5.55. The molecule has 0 fully saturated rings. The molecule has 0 spiro atoms. The fourth-order valence-corrected chi connectivity index (χ4v) is 4.62. The van der Waals surface area contributed by atoms with Gasteiger partial charge in [-0.1, -0.05) is 34.8 Å². The monoisotopic (exact) mass is 505 g/mol. The van der Waals surface area contributed by atoms with Gasteiger partial charge in [-0.25, -0.2) is 13.4 Å². The largest absolute Gasteiger partial charge is 0.479 e. The fraction of sp³-hybridized carbons (Fsp3) is 0.111. The first-order valence-electron chi connectivity index (χ1n) is 8.30. The molecule has 1 heterocycles. The van der Waals surface area contributed by atoms with Crippen LogP contribution in [0, 0.1) is 0 Å². The number of halogens is 3. The van der Waals surface area contributed by atoms with Crippen LogP contribution in [-0.2, 0) is 14.8 Å². The highest BCUT2D eigenvalue weighted by molar-refractivity contribution is 7.93. The molecule has 2 aromatic carbocycles. The number of carbonyl (C=O) groups is 1. The van der Waals surface area contributed by atoms with Crippen LogP contribution >= 0.6 is 46.1 Å². The average molecular weight is 507 g/mol. The van der Waals surface area contributed by atoms with Gasteiger partial charge in [-0.2, -0.15) is 0 Å². The second-order valence-electron chi connectivity index (χ2n) is 5.91. The number of sulfonamides is 1. The molecule has 0 aliphatic heterocycles. The van der Waals surface area contributed by atoms with Crippen molar-refractivity contribution in [2.24, 2.45) is 0 Å². The first-order valence-corrected chi connectivity index (χ1v) is 11.8. The molecule has 1 amide bonds. The SMILES string of the molecule is C[C@H](Oc1cc(Cl)c(Cl)cc1Cl)C(=O)Nc1ccc(S(=O)(=O)Nc2nccs2)cc1. The van der Waals surface area contributed by atoms with Crippen molar-refractivity contribution < 1.29 is 17.9 Å². The van der Waals surface area contributed by atoms with E-state index in [4.69, 9.17) is 39.5 Å². The predicted molar refractivity (Wildman–Crippen MR) is 120 cm³/mol. The zero-order valence-electron chi connectivity index (χ0n) is 15.2. The van der Waals surface area contributed by atoms with Crippen LogP contribution in [0.4, 0.5) is 10.8 Å². The van der Waals surface area contributed by atoms with Gasteiger partial charge in [-0.3, -0.25) is 9.52 Å². The Balaban J connectivity index is 1.65. The van der Waals surface area contributed by atoms with Gasteiger partial charge in [-0.05, 0) is 37.3 Å². The van der Waals surface area contributed by atoms with Crippen LogP contribution in [-0.4, -0.2) is 25.4 Å². The Morgan fingerprint density at radius 3 is 2.40 bits per heavy atom. The first-order chi connectivity index (χ1) is 14.2. The van der Waals surface area contributed by atoms with E-state index in [1.54, 1.807) is 5.38 Å². The number of aromatic nitrogens is 1. The maximum Gasteiger partial charge on any atom is 0.265 e. The summed E-state index contributed by atoms with van der Waals surface area (Å²) in [5.41, 5.74) is 0.392. The molecule has 0 radical (unpaired) electrons. The number of anilines is 2. The van der Waals surface area contributed by atoms with E-state index < -0.39 is 22.0 Å². The second kappa shape index (κ2) is 9.40. The lowest BCUT2D eigenvalue weighted by atomic mass is 10.3. The van der Waals surface area contributed by atoms with Gasteiger partial charge in [-0.15, -0.1) is 11.3 Å². The first kappa shape index (κ1) is 22.6. The molecule has 0 unspecified atom stereocenters. The predicted octanol–water partition coefficient (Wildman–Crippen LogP) is 5.31. The van der Waals surface area contributed by atoms with E-state index in [0.717, 1.165) is 0 Å². The minimum absolute atomic E-state index is 0.0302. The van der Waals surface area contributed by atoms with Gasteiger partial charge >= 0.3 is 0 Å². The summed E-state index contributed by atoms with van der Waals surface area (Å²) in [5.74, 6) is -0.253. The van der Waals surface area contributed by atoms with Crippen molar-refractivity contribution in [1.82, 2.24) is 4.98 Å². The maximum absolute atomic E-state index is 12.4. The van der Waals surface area contributed by atoms with Gasteiger partial charge in [0.25, 0.3) is 15.9 Å². The third-order valence-corrected chi connectivity index (χ3v) is 6.92. The molecule has 1 aromatic heterocycles. The number of thiazole rings is 1. The maximum atomic E-state index is 12.4. The van der Waals surface area contributed by atoms with Gasteiger partial charge in [0.2, 0.25) is 0 Å². The van der Waals surface area contributed by atoms with Gasteiger partial charge in [0.05, 0.1) is 20.0 Å². The smallest absolute Gasteiger partial charge is 0.265 e. The normalized spacial score (nSPS) is 12.3. The van der Waals surface area contributed by atoms with E-state index in [1.165, 1.54) is 60.9 Å². The lowest BCUT2D eigenvalue weighted by Gasteiger charge is -2.16. The molecule has 12 heteroatoms. The Bertz CT molecular complexity index is 1150. The van der Waals surface area contributed by atoms with Crippen LogP contribution in [0.5, 0.6) is 5.75 Å². The number of nitrogens with zero attached hydrogens (tertiary/aromatic N) is 1. The number of ether oxygens (including phenoxy) is 1. The number of nitrogens with one attached hydrogen (secondary N) is 2. The van der Waals surface area contributed by atoms with Crippen LogP contribution < -0.4 is 14.8 Å². The Labute approximate surface area is 192 Å². The second-order valence-corrected chi connectivity index (χ2v) is 9.71. The van der Waals surface area contributed by atoms with Crippen LogP contribution in [0.15, 0.2) is 52.9 Å². The highest BCUT2D eigenvalue weighted by Gasteiger charge is 2.19. The quantitative estimate of drug-likeness (QED) is 0.423. The molecular formula is C18H14Cl3N3O4S2. The Hall–Kier alpha value is -2.04. The lowest BCUT2D eigenvalue weighted by molar-refractivity contribution is -0.122. The molecule has 0 bridgehead atoms. The summed E-state index contributed by atoms with van der Waals surface area (Å²) in [6, 6.07) is 8.51. The zero-order chi connectivity index (χ0) is 21.9. The molecule has 0 aliphatic rings. The van der Waals surface area contributed by atoms with Crippen molar-refractivity contribution in [3.05, 3.63) is 63.0 Å². The molecule has 1 atom stereocenters. The Morgan fingerprint density at radius 1 is 1.10 bits per heavy atom. The number of benzene rings is 2. The highest BCUT2D eigenvalue weighted by atomic mass is 35.5. The van der Waals surface area contributed by atoms with Crippen LogP contribution in [0.25, 0.3) is 0 Å². The van der Waals surface area contributed by atoms with Crippen LogP contribution in [0.2, 0.25) is 15.1 Å². The summed E-state index contributed by atoms with van der Waals surface area (Å²) in [6.07, 6.45) is 0.588. The molecule has 158 valence electrons. The van der Waals surface area contributed by atoms with Crippen LogP contribution in [0.1, 0.15) is 6.92 Å². The molecule has 2 N–H and O–H groups in total. The molecule has 3 aromatic rings. The lowest BCUT2D eigenvalue weighted by Crippen LogP contribution is -2.30. The summed E-state index contributed by atoms with van der Waals surface area (Å²) >= 11 is 19.0. The van der Waals surface area contributed by atoms with E-state index >= 15 is 0 Å². The van der Waals surface area contributed by atoms with Gasteiger partial charge in [0.15, 0.2) is 11.2 Å².